The average Bonchev–Trinajstić information content (AvgIpc) is 2.51. The summed E-state index contributed by atoms with van der Waals surface area (Å²) in [5.41, 5.74) is 6.50. The molecule has 21 heavy (non-hydrogen) atoms. The molecule has 0 aliphatic carbocycles. The lowest BCUT2D eigenvalue weighted by Crippen LogP contribution is -2.24. The minimum Gasteiger partial charge on any atom is -0.476 e. The Morgan fingerprint density at radius 2 is 1.95 bits per heavy atom. The van der Waals surface area contributed by atoms with Crippen molar-refractivity contribution in [3.05, 3.63) is 6.33 Å². The van der Waals surface area contributed by atoms with Gasteiger partial charge in [0.25, 0.3) is 0 Å². The summed E-state index contributed by atoms with van der Waals surface area (Å²) in [5.74, 6) is 1.14. The molecule has 0 atom stereocenters. The standard InChI is InChI=1S/C15H29N5O/c1-4-11-21-15-13(16)14(18-12-19-15)17-9-7-8-10-20(5-2)6-3/h12H,4-11,16H2,1-3H3,(H,17,18,19). The van der Waals surface area contributed by atoms with Crippen LogP contribution in [0.2, 0.25) is 0 Å². The van der Waals surface area contributed by atoms with Gasteiger partial charge in [0.1, 0.15) is 12.0 Å². The Morgan fingerprint density at radius 3 is 2.62 bits per heavy atom. The largest absolute Gasteiger partial charge is 0.476 e. The highest BCUT2D eigenvalue weighted by Gasteiger charge is 2.08. The summed E-state index contributed by atoms with van der Waals surface area (Å²) in [7, 11) is 0. The summed E-state index contributed by atoms with van der Waals surface area (Å²) >= 11 is 0. The van der Waals surface area contributed by atoms with Crippen LogP contribution in [0, 0.1) is 0 Å². The van der Waals surface area contributed by atoms with Crippen molar-refractivity contribution >= 4 is 11.5 Å². The lowest BCUT2D eigenvalue weighted by atomic mass is 10.3. The van der Waals surface area contributed by atoms with Crippen molar-refractivity contribution < 1.29 is 4.74 Å². The van der Waals surface area contributed by atoms with Gasteiger partial charge in [0.05, 0.1) is 6.61 Å². The van der Waals surface area contributed by atoms with E-state index in [0.29, 0.717) is 24.0 Å². The summed E-state index contributed by atoms with van der Waals surface area (Å²) in [6.07, 6.45) is 4.67. The summed E-state index contributed by atoms with van der Waals surface area (Å²) in [6, 6.07) is 0. The number of ether oxygens (including phenoxy) is 1. The molecule has 0 radical (unpaired) electrons. The van der Waals surface area contributed by atoms with Gasteiger partial charge in [0.15, 0.2) is 5.82 Å². The van der Waals surface area contributed by atoms with Gasteiger partial charge in [-0.1, -0.05) is 20.8 Å². The molecule has 1 aromatic rings. The molecule has 3 N–H and O–H groups in total. The van der Waals surface area contributed by atoms with E-state index in [9.17, 15) is 0 Å². The monoisotopic (exact) mass is 295 g/mol. The number of nitrogens with one attached hydrogen (secondary N) is 1. The summed E-state index contributed by atoms with van der Waals surface area (Å²) in [5, 5.41) is 3.26. The zero-order valence-electron chi connectivity index (χ0n) is 13.6. The van der Waals surface area contributed by atoms with Crippen LogP contribution in [0.25, 0.3) is 0 Å². The third-order valence-electron chi connectivity index (χ3n) is 3.38. The summed E-state index contributed by atoms with van der Waals surface area (Å²) in [4.78, 5) is 10.7. The lowest BCUT2D eigenvalue weighted by Gasteiger charge is -2.17. The molecule has 0 saturated carbocycles. The number of nitrogens with two attached hydrogens (primary N) is 1. The third-order valence-corrected chi connectivity index (χ3v) is 3.38. The quantitative estimate of drug-likeness (QED) is 0.610. The van der Waals surface area contributed by atoms with Crippen molar-refractivity contribution in [3.8, 4) is 5.88 Å². The van der Waals surface area contributed by atoms with Crippen LogP contribution in [0.1, 0.15) is 40.0 Å². The topological polar surface area (TPSA) is 76.3 Å². The molecule has 0 bridgehead atoms. The fourth-order valence-corrected chi connectivity index (χ4v) is 2.04. The van der Waals surface area contributed by atoms with E-state index in [-0.39, 0.29) is 0 Å². The van der Waals surface area contributed by atoms with E-state index >= 15 is 0 Å². The minimum atomic E-state index is 0.470. The number of unbranched alkanes of at least 4 members (excludes halogenated alkanes) is 1. The Morgan fingerprint density at radius 1 is 1.19 bits per heavy atom. The van der Waals surface area contributed by atoms with E-state index < -0.39 is 0 Å². The van der Waals surface area contributed by atoms with Crippen LogP contribution < -0.4 is 15.8 Å². The zero-order valence-corrected chi connectivity index (χ0v) is 13.6. The Kier molecular flexibility index (Phi) is 8.50. The molecule has 6 nitrogen and oxygen atoms in total. The zero-order chi connectivity index (χ0) is 15.5. The Hall–Kier alpha value is -1.56. The first-order valence-corrected chi connectivity index (χ1v) is 7.92. The molecule has 1 aromatic heterocycles. The molecule has 6 heteroatoms. The highest BCUT2D eigenvalue weighted by atomic mass is 16.5. The molecular formula is C15H29N5O. The smallest absolute Gasteiger partial charge is 0.242 e. The molecule has 0 saturated heterocycles. The van der Waals surface area contributed by atoms with E-state index in [4.69, 9.17) is 10.5 Å². The third kappa shape index (κ3) is 6.16. The predicted octanol–water partition coefficient (Wildman–Crippen LogP) is 2.38. The van der Waals surface area contributed by atoms with Crippen LogP contribution in [0.5, 0.6) is 5.88 Å². The van der Waals surface area contributed by atoms with Crippen molar-refractivity contribution in [2.75, 3.05) is 43.8 Å². The van der Waals surface area contributed by atoms with Crippen LogP contribution >= 0.6 is 0 Å². The number of aromatic nitrogens is 2. The van der Waals surface area contributed by atoms with Gasteiger partial charge in [-0.2, -0.15) is 4.98 Å². The molecule has 0 aliphatic rings. The Balaban J connectivity index is 2.35. The maximum atomic E-state index is 6.01. The van der Waals surface area contributed by atoms with Crippen LogP contribution in [0.4, 0.5) is 11.5 Å². The number of nitrogen functional groups attached to an aromatic ring is 1. The molecule has 0 spiro atoms. The van der Waals surface area contributed by atoms with Crippen molar-refractivity contribution in [3.63, 3.8) is 0 Å². The normalized spacial score (nSPS) is 10.9. The van der Waals surface area contributed by atoms with E-state index in [2.05, 4.69) is 34.0 Å². The van der Waals surface area contributed by atoms with Gasteiger partial charge in [-0.15, -0.1) is 0 Å². The molecule has 0 aromatic carbocycles. The lowest BCUT2D eigenvalue weighted by molar-refractivity contribution is 0.298. The first-order valence-electron chi connectivity index (χ1n) is 7.92. The number of hydrogen-bond acceptors (Lipinski definition) is 6. The number of anilines is 2. The SMILES string of the molecule is CCCOc1ncnc(NCCCCN(CC)CC)c1N. The van der Waals surface area contributed by atoms with Crippen LogP contribution in [0.3, 0.4) is 0 Å². The van der Waals surface area contributed by atoms with Crippen molar-refractivity contribution in [2.24, 2.45) is 0 Å². The number of nitrogens with zero attached hydrogens (tertiary/aromatic N) is 3. The van der Waals surface area contributed by atoms with E-state index in [0.717, 1.165) is 39.0 Å². The molecule has 1 rings (SSSR count). The van der Waals surface area contributed by atoms with Crippen LogP contribution in [0.15, 0.2) is 6.33 Å². The second-order valence-corrected chi connectivity index (χ2v) is 4.95. The van der Waals surface area contributed by atoms with E-state index in [1.165, 1.54) is 12.7 Å². The Labute approximate surface area is 128 Å². The van der Waals surface area contributed by atoms with Gasteiger partial charge < -0.3 is 20.7 Å². The highest BCUT2D eigenvalue weighted by molar-refractivity contribution is 5.66. The minimum absolute atomic E-state index is 0.470. The first-order chi connectivity index (χ1) is 10.2. The van der Waals surface area contributed by atoms with Crippen molar-refractivity contribution in [2.45, 2.75) is 40.0 Å². The summed E-state index contributed by atoms with van der Waals surface area (Å²) in [6.45, 7) is 11.3. The van der Waals surface area contributed by atoms with Crippen LogP contribution in [-0.2, 0) is 0 Å². The van der Waals surface area contributed by atoms with Gasteiger partial charge in [-0.3, -0.25) is 0 Å². The fourth-order valence-electron chi connectivity index (χ4n) is 2.04. The maximum Gasteiger partial charge on any atom is 0.242 e. The fraction of sp³-hybridized carbons (Fsp3) is 0.733. The first kappa shape index (κ1) is 17.5. The van der Waals surface area contributed by atoms with Crippen molar-refractivity contribution in [1.82, 2.24) is 14.9 Å². The molecule has 0 aliphatic heterocycles. The van der Waals surface area contributed by atoms with Gasteiger partial charge in [0.2, 0.25) is 5.88 Å². The second-order valence-electron chi connectivity index (χ2n) is 4.95. The van der Waals surface area contributed by atoms with E-state index in [1.54, 1.807) is 0 Å². The van der Waals surface area contributed by atoms with Crippen molar-refractivity contribution in [1.29, 1.82) is 0 Å². The maximum absolute atomic E-state index is 6.01. The highest BCUT2D eigenvalue weighted by Crippen LogP contribution is 2.24. The van der Waals surface area contributed by atoms with Gasteiger partial charge in [-0.05, 0) is 38.9 Å². The van der Waals surface area contributed by atoms with E-state index in [1.807, 2.05) is 6.92 Å². The van der Waals surface area contributed by atoms with Gasteiger partial charge >= 0.3 is 0 Å². The number of hydrogen-bond donors (Lipinski definition) is 2. The van der Waals surface area contributed by atoms with Gasteiger partial charge in [-0.25, -0.2) is 4.98 Å². The molecule has 1 heterocycles. The molecule has 0 unspecified atom stereocenters. The average molecular weight is 295 g/mol. The van der Waals surface area contributed by atoms with Crippen LogP contribution in [-0.4, -0.2) is 47.7 Å². The number of rotatable bonds is 11. The van der Waals surface area contributed by atoms with Gasteiger partial charge in [0, 0.05) is 6.54 Å². The Bertz CT molecular complexity index is 396. The molecule has 0 amide bonds. The second kappa shape index (κ2) is 10.2. The molecule has 0 fully saturated rings. The molecule has 120 valence electrons. The predicted molar refractivity (Wildman–Crippen MR) is 87.7 cm³/mol. The summed E-state index contributed by atoms with van der Waals surface area (Å²) < 4.78 is 5.49. The molecular weight excluding hydrogens is 266 g/mol.